The summed E-state index contributed by atoms with van der Waals surface area (Å²) in [5.41, 5.74) is 1.72. The van der Waals surface area contributed by atoms with Crippen LogP contribution in [0.1, 0.15) is 6.92 Å². The van der Waals surface area contributed by atoms with Gasteiger partial charge in [-0.05, 0) is 35.6 Å². The van der Waals surface area contributed by atoms with Crippen LogP contribution in [0.15, 0.2) is 18.5 Å². The fraction of sp³-hybridized carbons (Fsp3) is 0.222. The zero-order chi connectivity index (χ0) is 9.42. The van der Waals surface area contributed by atoms with E-state index in [0.29, 0.717) is 3.57 Å². The first-order valence-corrected chi connectivity index (χ1v) is 5.10. The standard InChI is InChI=1S/C9H8FIN2/c1-2-13-5-12-8-4-7(11)6(10)3-9(8)13/h3-5H,2H2,1H3. The number of imidazole rings is 1. The van der Waals surface area contributed by atoms with Crippen LogP contribution in [0.4, 0.5) is 4.39 Å². The molecule has 1 heterocycles. The van der Waals surface area contributed by atoms with Gasteiger partial charge in [-0.3, -0.25) is 0 Å². The van der Waals surface area contributed by atoms with Crippen LogP contribution in [0.25, 0.3) is 11.0 Å². The van der Waals surface area contributed by atoms with E-state index in [9.17, 15) is 4.39 Å². The summed E-state index contributed by atoms with van der Waals surface area (Å²) in [6, 6.07) is 3.30. The minimum absolute atomic E-state index is 0.177. The Morgan fingerprint density at radius 1 is 1.54 bits per heavy atom. The van der Waals surface area contributed by atoms with E-state index in [2.05, 4.69) is 4.98 Å². The highest BCUT2D eigenvalue weighted by Gasteiger charge is 2.05. The van der Waals surface area contributed by atoms with Crippen LogP contribution < -0.4 is 0 Å². The molecule has 0 aliphatic carbocycles. The zero-order valence-corrected chi connectivity index (χ0v) is 9.25. The average Bonchev–Trinajstić information content (AvgIpc) is 2.48. The van der Waals surface area contributed by atoms with Crippen molar-refractivity contribution in [3.05, 3.63) is 27.8 Å². The van der Waals surface area contributed by atoms with E-state index >= 15 is 0 Å². The summed E-state index contributed by atoms with van der Waals surface area (Å²) in [7, 11) is 0. The van der Waals surface area contributed by atoms with Crippen molar-refractivity contribution in [2.45, 2.75) is 13.5 Å². The molecule has 0 aliphatic heterocycles. The van der Waals surface area contributed by atoms with Crippen molar-refractivity contribution in [3.63, 3.8) is 0 Å². The van der Waals surface area contributed by atoms with E-state index in [1.807, 2.05) is 34.1 Å². The second-order valence-corrected chi connectivity index (χ2v) is 3.95. The topological polar surface area (TPSA) is 17.8 Å². The Morgan fingerprint density at radius 3 is 3.00 bits per heavy atom. The van der Waals surface area contributed by atoms with Crippen molar-refractivity contribution >= 4 is 33.6 Å². The van der Waals surface area contributed by atoms with Gasteiger partial charge in [-0.2, -0.15) is 0 Å². The van der Waals surface area contributed by atoms with E-state index in [-0.39, 0.29) is 5.82 Å². The molecule has 13 heavy (non-hydrogen) atoms. The molecule has 1 aromatic carbocycles. The number of nitrogens with zero attached hydrogens (tertiary/aromatic N) is 2. The van der Waals surface area contributed by atoms with Crippen molar-refractivity contribution in [2.24, 2.45) is 0 Å². The molecule has 0 radical (unpaired) electrons. The van der Waals surface area contributed by atoms with E-state index in [1.54, 1.807) is 12.4 Å². The first-order valence-electron chi connectivity index (χ1n) is 4.02. The van der Waals surface area contributed by atoms with E-state index in [0.717, 1.165) is 17.6 Å². The summed E-state index contributed by atoms with van der Waals surface area (Å²) in [5, 5.41) is 0. The van der Waals surface area contributed by atoms with Crippen LogP contribution in [-0.4, -0.2) is 9.55 Å². The Hall–Kier alpha value is -0.650. The van der Waals surface area contributed by atoms with Crippen LogP contribution >= 0.6 is 22.6 Å². The number of halogens is 2. The lowest BCUT2D eigenvalue weighted by Crippen LogP contribution is -1.91. The van der Waals surface area contributed by atoms with Crippen molar-refractivity contribution in [1.82, 2.24) is 9.55 Å². The molecule has 1 aromatic heterocycles. The van der Waals surface area contributed by atoms with Crippen molar-refractivity contribution in [1.29, 1.82) is 0 Å². The van der Waals surface area contributed by atoms with Crippen LogP contribution in [-0.2, 0) is 6.54 Å². The van der Waals surface area contributed by atoms with Gasteiger partial charge in [0, 0.05) is 12.6 Å². The van der Waals surface area contributed by atoms with Crippen molar-refractivity contribution in [3.8, 4) is 0 Å². The molecule has 0 aliphatic rings. The van der Waals surface area contributed by atoms with Crippen LogP contribution in [0, 0.1) is 9.39 Å². The van der Waals surface area contributed by atoms with Crippen molar-refractivity contribution in [2.75, 3.05) is 0 Å². The van der Waals surface area contributed by atoms with Gasteiger partial charge in [0.2, 0.25) is 0 Å². The van der Waals surface area contributed by atoms with Gasteiger partial charge in [0.25, 0.3) is 0 Å². The highest BCUT2D eigenvalue weighted by Crippen LogP contribution is 2.19. The molecule has 0 saturated carbocycles. The summed E-state index contributed by atoms with van der Waals surface area (Å²) >= 11 is 1.97. The van der Waals surface area contributed by atoms with Gasteiger partial charge in [-0.1, -0.05) is 0 Å². The molecular weight excluding hydrogens is 282 g/mol. The maximum atomic E-state index is 13.2. The van der Waals surface area contributed by atoms with Gasteiger partial charge >= 0.3 is 0 Å². The average molecular weight is 290 g/mol. The van der Waals surface area contributed by atoms with E-state index < -0.39 is 0 Å². The molecule has 0 fully saturated rings. The maximum Gasteiger partial charge on any atom is 0.138 e. The molecular formula is C9H8FIN2. The predicted molar refractivity (Wildman–Crippen MR) is 58.1 cm³/mol. The van der Waals surface area contributed by atoms with Gasteiger partial charge in [-0.15, -0.1) is 0 Å². The SMILES string of the molecule is CCn1cnc2cc(I)c(F)cc21. The minimum atomic E-state index is -0.177. The maximum absolute atomic E-state index is 13.2. The number of aryl methyl sites for hydroxylation is 1. The van der Waals surface area contributed by atoms with Gasteiger partial charge in [0.05, 0.1) is 20.9 Å². The second kappa shape index (κ2) is 3.25. The normalized spacial score (nSPS) is 11.0. The molecule has 2 rings (SSSR count). The number of fused-ring (bicyclic) bond motifs is 1. The summed E-state index contributed by atoms with van der Waals surface area (Å²) in [4.78, 5) is 4.18. The van der Waals surface area contributed by atoms with Crippen LogP contribution in [0.3, 0.4) is 0 Å². The molecule has 2 nitrogen and oxygen atoms in total. The van der Waals surface area contributed by atoms with Gasteiger partial charge in [0.1, 0.15) is 5.82 Å². The Kier molecular flexibility index (Phi) is 2.23. The molecule has 68 valence electrons. The summed E-state index contributed by atoms with van der Waals surface area (Å²) in [5.74, 6) is -0.177. The number of benzene rings is 1. The third-order valence-corrected chi connectivity index (χ3v) is 2.83. The van der Waals surface area contributed by atoms with Crippen LogP contribution in [0.5, 0.6) is 0 Å². The second-order valence-electron chi connectivity index (χ2n) is 2.79. The molecule has 0 spiro atoms. The van der Waals surface area contributed by atoms with E-state index in [1.165, 1.54) is 6.07 Å². The zero-order valence-electron chi connectivity index (χ0n) is 7.09. The first-order chi connectivity index (χ1) is 6.22. The van der Waals surface area contributed by atoms with E-state index in [4.69, 9.17) is 0 Å². The monoisotopic (exact) mass is 290 g/mol. The highest BCUT2D eigenvalue weighted by molar-refractivity contribution is 14.1. The Labute approximate surface area is 88.9 Å². The fourth-order valence-electron chi connectivity index (χ4n) is 1.31. The van der Waals surface area contributed by atoms with Gasteiger partial charge in [0.15, 0.2) is 0 Å². The summed E-state index contributed by atoms with van der Waals surface area (Å²) < 4.78 is 15.7. The third kappa shape index (κ3) is 1.43. The first kappa shape index (κ1) is 8.93. The molecule has 0 bridgehead atoms. The van der Waals surface area contributed by atoms with Crippen molar-refractivity contribution < 1.29 is 4.39 Å². The fourth-order valence-corrected chi connectivity index (χ4v) is 1.76. The Balaban J connectivity index is 2.77. The third-order valence-electron chi connectivity index (χ3n) is 2.00. The molecule has 0 N–H and O–H groups in total. The lowest BCUT2D eigenvalue weighted by atomic mass is 10.3. The Morgan fingerprint density at radius 2 is 2.31 bits per heavy atom. The quantitative estimate of drug-likeness (QED) is 0.738. The lowest BCUT2D eigenvalue weighted by Gasteiger charge is -1.99. The number of hydrogen-bond acceptors (Lipinski definition) is 1. The molecule has 4 heteroatoms. The van der Waals surface area contributed by atoms with Gasteiger partial charge < -0.3 is 4.57 Å². The minimum Gasteiger partial charge on any atom is -0.331 e. The molecule has 0 saturated heterocycles. The summed E-state index contributed by atoms with van der Waals surface area (Å²) in [6.45, 7) is 2.83. The number of hydrogen-bond donors (Lipinski definition) is 0. The molecule has 0 amide bonds. The molecule has 0 unspecified atom stereocenters. The molecule has 2 aromatic rings. The number of aromatic nitrogens is 2. The molecule has 0 atom stereocenters. The van der Waals surface area contributed by atoms with Gasteiger partial charge in [-0.25, -0.2) is 9.37 Å². The summed E-state index contributed by atoms with van der Waals surface area (Å²) in [6.07, 6.45) is 1.74. The lowest BCUT2D eigenvalue weighted by molar-refractivity contribution is 0.621. The number of rotatable bonds is 1. The largest absolute Gasteiger partial charge is 0.331 e. The highest BCUT2D eigenvalue weighted by atomic mass is 127. The smallest absolute Gasteiger partial charge is 0.138 e. The predicted octanol–water partition coefficient (Wildman–Crippen LogP) is 2.80. The Bertz CT molecular complexity index is 450. The van der Waals surface area contributed by atoms with Crippen LogP contribution in [0.2, 0.25) is 0 Å².